The lowest BCUT2D eigenvalue weighted by Gasteiger charge is -2.29. The average Bonchev–Trinajstić information content (AvgIpc) is 3.98. The molecule has 15 nitrogen and oxygen atoms in total. The van der Waals surface area contributed by atoms with Crippen molar-refractivity contribution in [1.82, 2.24) is 20.4 Å². The Morgan fingerprint density at radius 1 is 0.500 bits per heavy atom. The summed E-state index contributed by atoms with van der Waals surface area (Å²) >= 11 is 0. The molecule has 0 radical (unpaired) electrons. The Morgan fingerprint density at radius 3 is 1.42 bits per heavy atom. The highest BCUT2D eigenvalue weighted by molar-refractivity contribution is 6.01. The number of esters is 2. The molecule has 6 aromatic rings. The Bertz CT molecular complexity index is 2720. The number of rotatable bonds is 14. The molecule has 0 bridgehead atoms. The lowest BCUT2D eigenvalue weighted by molar-refractivity contribution is -0.161. The normalized spacial score (nSPS) is 18.3. The van der Waals surface area contributed by atoms with Crippen molar-refractivity contribution in [2.24, 2.45) is 11.8 Å². The van der Waals surface area contributed by atoms with Crippen LogP contribution in [0.5, 0.6) is 0 Å². The fraction of sp³-hybridized carbons (Fsp3) is 0.304. The van der Waals surface area contributed by atoms with E-state index in [4.69, 9.17) is 13.6 Å². The molecule has 4 N–H and O–H groups in total. The van der Waals surface area contributed by atoms with Gasteiger partial charge >= 0.3 is 47.6 Å². The Morgan fingerprint density at radius 2 is 0.939 bits per heavy atom. The number of aromatic nitrogens is 4. The molecule has 0 spiro atoms. The van der Waals surface area contributed by atoms with Gasteiger partial charge in [-0.25, -0.2) is 22.0 Å². The largest absolute Gasteiger partial charge is 0.399 e. The standard InChI is InChI=1S/C46H41F5N8O7/c47-33-18-17-32(21-34(33)48)54-45-58-56-43(65-45)41(62)52-30-13-9-28(10-14-30)26-5-1-24(2-6-26)19-39(60)64-40(61)20-25-3-7-27(8-4-25)29-11-15-31(16-12-29)53-42(63)44-57-59-46(66-44)55-38-23-36(50)35(49)22-37(38)51/h9-18,21-27H,1-8,19-20H2,(H,52,62)(H,53,63)(H,54,58)(H,55,59). The van der Waals surface area contributed by atoms with Gasteiger partial charge in [-0.2, -0.15) is 0 Å². The zero-order valence-electron chi connectivity index (χ0n) is 34.9. The van der Waals surface area contributed by atoms with E-state index >= 15 is 0 Å². The average molecular weight is 913 g/mol. The first-order valence-corrected chi connectivity index (χ1v) is 21.2. The van der Waals surface area contributed by atoms with Crippen LogP contribution >= 0.6 is 0 Å². The second kappa shape index (κ2) is 20.1. The molecule has 2 aromatic heterocycles. The number of carbonyl (C=O) groups excluding carboxylic acids is 4. The second-order valence-electron chi connectivity index (χ2n) is 16.3. The zero-order valence-corrected chi connectivity index (χ0v) is 34.9. The molecule has 66 heavy (non-hydrogen) atoms. The predicted octanol–water partition coefficient (Wildman–Crippen LogP) is 10.2. The van der Waals surface area contributed by atoms with Gasteiger partial charge in [0.25, 0.3) is 0 Å². The van der Waals surface area contributed by atoms with Crippen LogP contribution in [-0.4, -0.2) is 44.1 Å². The highest BCUT2D eigenvalue weighted by Gasteiger charge is 2.29. The van der Waals surface area contributed by atoms with Crippen LogP contribution in [0.4, 0.5) is 56.7 Å². The van der Waals surface area contributed by atoms with Gasteiger partial charge in [0.2, 0.25) is 0 Å². The van der Waals surface area contributed by atoms with Crippen LogP contribution < -0.4 is 21.3 Å². The minimum atomic E-state index is -1.36. The first-order valence-electron chi connectivity index (χ1n) is 21.2. The van der Waals surface area contributed by atoms with Crippen LogP contribution in [0.15, 0.2) is 87.7 Å². The molecule has 2 amide bonds. The van der Waals surface area contributed by atoms with Gasteiger partial charge in [0.15, 0.2) is 23.3 Å². The topological polar surface area (TPSA) is 203 Å². The maximum Gasteiger partial charge on any atom is 0.320 e. The molecule has 2 heterocycles. The quantitative estimate of drug-likeness (QED) is 0.0348. The van der Waals surface area contributed by atoms with Crippen LogP contribution in [-0.2, 0) is 14.3 Å². The van der Waals surface area contributed by atoms with Gasteiger partial charge in [-0.1, -0.05) is 34.5 Å². The molecule has 0 saturated heterocycles. The first kappa shape index (κ1) is 45.1. The summed E-state index contributed by atoms with van der Waals surface area (Å²) in [4.78, 5) is 50.9. The third-order valence-corrected chi connectivity index (χ3v) is 11.8. The minimum Gasteiger partial charge on any atom is -0.399 e. The van der Waals surface area contributed by atoms with E-state index in [2.05, 4.69) is 41.7 Å². The van der Waals surface area contributed by atoms with Crippen LogP contribution in [0.25, 0.3) is 0 Å². The van der Waals surface area contributed by atoms with E-state index in [1.807, 2.05) is 24.3 Å². The van der Waals surface area contributed by atoms with Gasteiger partial charge in [0.05, 0.1) is 5.69 Å². The highest BCUT2D eigenvalue weighted by Crippen LogP contribution is 2.39. The Kier molecular flexibility index (Phi) is 13.7. The van der Waals surface area contributed by atoms with E-state index < -0.39 is 70.4 Å². The molecule has 2 saturated carbocycles. The van der Waals surface area contributed by atoms with Gasteiger partial charge in [-0.3, -0.25) is 19.2 Å². The lowest BCUT2D eigenvalue weighted by atomic mass is 9.77. The van der Waals surface area contributed by atoms with Crippen molar-refractivity contribution in [2.45, 2.75) is 76.0 Å². The molecule has 0 atom stereocenters. The molecule has 0 unspecified atom stereocenters. The molecule has 8 rings (SSSR count). The van der Waals surface area contributed by atoms with Crippen molar-refractivity contribution in [2.75, 3.05) is 21.3 Å². The summed E-state index contributed by atoms with van der Waals surface area (Å²) in [6.07, 6.45) is 6.88. The molecule has 2 aliphatic carbocycles. The molecule has 0 aliphatic heterocycles. The van der Waals surface area contributed by atoms with E-state index in [0.717, 1.165) is 74.6 Å². The number of nitrogens with zero attached hydrogens (tertiary/aromatic N) is 4. The number of anilines is 6. The summed E-state index contributed by atoms with van der Waals surface area (Å²) in [5, 5.41) is 24.9. The maximum atomic E-state index is 14.0. The van der Waals surface area contributed by atoms with E-state index in [1.54, 1.807) is 24.3 Å². The van der Waals surface area contributed by atoms with Crippen molar-refractivity contribution < 1.29 is 54.7 Å². The summed E-state index contributed by atoms with van der Waals surface area (Å²) < 4.78 is 83.2. The van der Waals surface area contributed by atoms with Gasteiger partial charge in [0, 0.05) is 48.1 Å². The molecule has 20 heteroatoms. The van der Waals surface area contributed by atoms with Gasteiger partial charge in [0.1, 0.15) is 5.82 Å². The molecule has 2 fully saturated rings. The highest BCUT2D eigenvalue weighted by atomic mass is 19.2. The van der Waals surface area contributed by atoms with Crippen LogP contribution in [0.3, 0.4) is 0 Å². The first-order chi connectivity index (χ1) is 31.8. The maximum absolute atomic E-state index is 14.0. The minimum absolute atomic E-state index is 0.0961. The van der Waals surface area contributed by atoms with E-state index in [1.165, 1.54) is 6.07 Å². The number of hydrogen-bond acceptors (Lipinski definition) is 13. The Labute approximate surface area is 372 Å². The predicted molar refractivity (Wildman–Crippen MR) is 226 cm³/mol. The monoisotopic (exact) mass is 912 g/mol. The number of nitrogens with one attached hydrogen (secondary N) is 4. The molecule has 4 aromatic carbocycles. The van der Waals surface area contributed by atoms with Crippen LogP contribution in [0.2, 0.25) is 0 Å². The van der Waals surface area contributed by atoms with Gasteiger partial charge in [-0.05, 0) is 123 Å². The molecule has 2 aliphatic rings. The Hall–Kier alpha value is -7.51. The van der Waals surface area contributed by atoms with Crippen molar-refractivity contribution in [3.63, 3.8) is 0 Å². The third-order valence-electron chi connectivity index (χ3n) is 11.8. The second-order valence-corrected chi connectivity index (χ2v) is 16.3. The summed E-state index contributed by atoms with van der Waals surface area (Å²) in [6, 6.07) is 18.1. The SMILES string of the molecule is O=C(CC1CCC(c2ccc(NC(=O)c3nnc(Nc4ccc(F)c(F)c4)o3)cc2)CC1)OC(=O)CC1CCC(c2ccc(NC(=O)c3nnc(Nc4cc(F)c(F)cc4F)o3)cc2)CC1. The van der Waals surface area contributed by atoms with Crippen LogP contribution in [0.1, 0.15) is 109 Å². The molecular formula is C46H41F5N8O7. The van der Waals surface area contributed by atoms with Gasteiger partial charge in [-0.15, -0.1) is 10.2 Å². The van der Waals surface area contributed by atoms with E-state index in [0.29, 0.717) is 23.5 Å². The van der Waals surface area contributed by atoms with Crippen molar-refractivity contribution in [3.05, 3.63) is 131 Å². The number of halogens is 5. The summed E-state index contributed by atoms with van der Waals surface area (Å²) in [5.41, 5.74) is 2.82. The fourth-order valence-corrected chi connectivity index (χ4v) is 8.29. The van der Waals surface area contributed by atoms with Crippen molar-refractivity contribution >= 4 is 58.5 Å². The van der Waals surface area contributed by atoms with Crippen molar-refractivity contribution in [1.29, 1.82) is 0 Å². The lowest BCUT2D eigenvalue weighted by Crippen LogP contribution is -2.22. The Balaban J connectivity index is 0.708. The van der Waals surface area contributed by atoms with Crippen LogP contribution in [0, 0.1) is 40.9 Å². The van der Waals surface area contributed by atoms with E-state index in [-0.39, 0.29) is 54.1 Å². The number of benzene rings is 4. The molecular weight excluding hydrogens is 872 g/mol. The third kappa shape index (κ3) is 11.4. The van der Waals surface area contributed by atoms with E-state index in [9.17, 15) is 41.1 Å². The zero-order chi connectivity index (χ0) is 46.3. The van der Waals surface area contributed by atoms with Crippen molar-refractivity contribution in [3.8, 4) is 0 Å². The molecule has 342 valence electrons. The number of hydrogen-bond donors (Lipinski definition) is 4. The number of amides is 2. The summed E-state index contributed by atoms with van der Waals surface area (Å²) in [5.74, 6) is -8.28. The summed E-state index contributed by atoms with van der Waals surface area (Å²) in [6.45, 7) is 0. The summed E-state index contributed by atoms with van der Waals surface area (Å²) in [7, 11) is 0. The fourth-order valence-electron chi connectivity index (χ4n) is 8.29. The number of carbonyl (C=O) groups is 4. The van der Waals surface area contributed by atoms with Gasteiger partial charge < -0.3 is 34.8 Å². The smallest absolute Gasteiger partial charge is 0.320 e. The number of ether oxygens (including phenoxy) is 1.